The van der Waals surface area contributed by atoms with Crippen LogP contribution >= 0.6 is 10.8 Å². The average Bonchev–Trinajstić information content (AvgIpc) is 2.55. The number of benzene rings is 1. The van der Waals surface area contributed by atoms with Gasteiger partial charge in [-0.2, -0.15) is 0 Å². The minimum Gasteiger partial charge on any atom is -0.381 e. The zero-order valence-electron chi connectivity index (χ0n) is 13.1. The number of rotatable bonds is 12. The minimum absolute atomic E-state index is 0.200. The van der Waals surface area contributed by atoms with Crippen LogP contribution in [0.5, 0.6) is 0 Å². The number of ether oxygens (including phenoxy) is 2. The molecule has 0 aliphatic heterocycles. The van der Waals surface area contributed by atoms with E-state index in [0.29, 0.717) is 32.8 Å². The number of nitrogens with zero attached hydrogens (tertiary/aromatic N) is 1. The van der Waals surface area contributed by atoms with Crippen molar-refractivity contribution in [2.24, 2.45) is 10.5 Å². The van der Waals surface area contributed by atoms with Gasteiger partial charge in [0.1, 0.15) is 0 Å². The molecule has 0 saturated carbocycles. The highest BCUT2D eigenvalue weighted by molar-refractivity contribution is 8.23. The Morgan fingerprint density at radius 1 is 1.23 bits per heavy atom. The largest absolute Gasteiger partial charge is 0.381 e. The van der Waals surface area contributed by atoms with Crippen molar-refractivity contribution in [2.45, 2.75) is 20.0 Å². The van der Waals surface area contributed by atoms with Crippen molar-refractivity contribution < 1.29 is 18.2 Å². The second-order valence-electron chi connectivity index (χ2n) is 5.09. The molecule has 2 atom stereocenters. The Balaban J connectivity index is 2.04. The zero-order valence-corrected chi connectivity index (χ0v) is 14.0. The van der Waals surface area contributed by atoms with Crippen LogP contribution in [0.2, 0.25) is 0 Å². The van der Waals surface area contributed by atoms with E-state index in [9.17, 15) is 9.46 Å². The van der Waals surface area contributed by atoms with Crippen molar-refractivity contribution in [1.82, 2.24) is 0 Å². The summed E-state index contributed by atoms with van der Waals surface area (Å²) in [4.78, 5) is 10.4. The fourth-order valence-corrected chi connectivity index (χ4v) is 2.58. The Hall–Kier alpha value is -0.990. The fourth-order valence-electron chi connectivity index (χ4n) is 1.78. The number of hydrogen-bond donors (Lipinski definition) is 1. The van der Waals surface area contributed by atoms with Crippen LogP contribution in [0.25, 0.3) is 0 Å². The molecular weight excluding hydrogens is 306 g/mol. The highest BCUT2D eigenvalue weighted by Crippen LogP contribution is 2.45. The van der Waals surface area contributed by atoms with Crippen LogP contribution in [0.4, 0.5) is 0 Å². The summed E-state index contributed by atoms with van der Waals surface area (Å²) < 4.78 is 28.0. The first kappa shape index (κ1) is 19.1. The zero-order chi connectivity index (χ0) is 16.3. The normalized spacial score (nSPS) is 16.7. The Bertz CT molecular complexity index is 420. The second kappa shape index (κ2) is 10.7. The van der Waals surface area contributed by atoms with Gasteiger partial charge in [0.2, 0.25) is 0 Å². The molecule has 22 heavy (non-hydrogen) atoms. The van der Waals surface area contributed by atoms with Gasteiger partial charge in [-0.3, -0.25) is 8.74 Å². The van der Waals surface area contributed by atoms with E-state index in [-0.39, 0.29) is 11.7 Å². The molecule has 0 aliphatic rings. The summed E-state index contributed by atoms with van der Waals surface area (Å²) in [5.74, 6) is 0.480. The lowest BCUT2D eigenvalue weighted by Crippen LogP contribution is -2.14. The molecule has 7 heteroatoms. The molecule has 0 amide bonds. The summed E-state index contributed by atoms with van der Waals surface area (Å²) in [5.41, 5.74) is 1.15. The van der Waals surface area contributed by atoms with Gasteiger partial charge in [-0.1, -0.05) is 48.0 Å². The predicted molar refractivity (Wildman–Crippen MR) is 88.6 cm³/mol. The van der Waals surface area contributed by atoms with E-state index in [1.54, 1.807) is 0 Å². The minimum atomic E-state index is -2.80. The average molecular weight is 331 g/mol. The van der Waals surface area contributed by atoms with Crippen molar-refractivity contribution >= 4 is 10.8 Å². The number of nitroso groups, excluding NO2 is 1. The van der Waals surface area contributed by atoms with Gasteiger partial charge >= 0.3 is 0 Å². The molecule has 1 N–H and O–H groups in total. The van der Waals surface area contributed by atoms with E-state index in [0.717, 1.165) is 5.56 Å². The van der Waals surface area contributed by atoms with Crippen LogP contribution in [0.15, 0.2) is 34.9 Å². The van der Waals surface area contributed by atoms with Crippen LogP contribution in [0, 0.1) is 10.8 Å². The quantitative estimate of drug-likeness (QED) is 0.466. The molecule has 2 unspecified atom stereocenters. The molecule has 0 aliphatic carbocycles. The lowest BCUT2D eigenvalue weighted by Gasteiger charge is -2.26. The van der Waals surface area contributed by atoms with Crippen molar-refractivity contribution in [3.63, 3.8) is 0 Å². The summed E-state index contributed by atoms with van der Waals surface area (Å²) >= 11 is 0. The van der Waals surface area contributed by atoms with Crippen LogP contribution in [0.1, 0.15) is 18.9 Å². The van der Waals surface area contributed by atoms with E-state index in [2.05, 4.69) is 11.5 Å². The first-order valence-electron chi connectivity index (χ1n) is 7.22. The lowest BCUT2D eigenvalue weighted by atomic mass is 10.2. The van der Waals surface area contributed by atoms with Gasteiger partial charge < -0.3 is 9.47 Å². The molecule has 0 bridgehead atoms. The van der Waals surface area contributed by atoms with Crippen LogP contribution in [-0.4, -0.2) is 37.2 Å². The predicted octanol–water partition coefficient (Wildman–Crippen LogP) is 3.77. The third-order valence-corrected chi connectivity index (χ3v) is 4.59. The van der Waals surface area contributed by atoms with Gasteiger partial charge in [0, 0.05) is 12.5 Å². The highest BCUT2D eigenvalue weighted by Gasteiger charge is 2.14. The fraction of sp³-hybridized carbons (Fsp3) is 0.600. The first-order chi connectivity index (χ1) is 10.6. The van der Waals surface area contributed by atoms with E-state index in [1.165, 1.54) is 7.11 Å². The molecule has 6 nitrogen and oxygen atoms in total. The summed E-state index contributed by atoms with van der Waals surface area (Å²) in [6, 6.07) is 10.0. The van der Waals surface area contributed by atoms with Crippen molar-refractivity contribution in [3.05, 3.63) is 40.8 Å². The third-order valence-electron chi connectivity index (χ3n) is 3.00. The van der Waals surface area contributed by atoms with Crippen LogP contribution < -0.4 is 0 Å². The summed E-state index contributed by atoms with van der Waals surface area (Å²) in [5, 5.41) is 0. The topological polar surface area (TPSA) is 77.3 Å². The Morgan fingerprint density at radius 2 is 1.91 bits per heavy atom. The van der Waals surface area contributed by atoms with Gasteiger partial charge in [0.15, 0.2) is 0 Å². The van der Waals surface area contributed by atoms with Gasteiger partial charge in [0.05, 0.1) is 37.3 Å². The molecule has 0 radical (unpaired) electrons. The molecule has 126 valence electrons. The molecule has 0 saturated heterocycles. The van der Waals surface area contributed by atoms with Crippen molar-refractivity contribution in [1.29, 1.82) is 0 Å². The SMILES string of the molecule is COS(O)(CCCOCC(C)COCc1ccccc1)N=O. The smallest absolute Gasteiger partial charge is 0.0717 e. The van der Waals surface area contributed by atoms with Gasteiger partial charge in [-0.15, -0.1) is 4.91 Å². The van der Waals surface area contributed by atoms with E-state index < -0.39 is 10.8 Å². The van der Waals surface area contributed by atoms with Gasteiger partial charge in [0.25, 0.3) is 0 Å². The van der Waals surface area contributed by atoms with E-state index in [4.69, 9.17) is 13.7 Å². The highest BCUT2D eigenvalue weighted by atomic mass is 32.3. The summed E-state index contributed by atoms with van der Waals surface area (Å²) in [6.45, 7) is 4.30. The maximum atomic E-state index is 10.4. The summed E-state index contributed by atoms with van der Waals surface area (Å²) in [7, 11) is -1.51. The first-order valence-corrected chi connectivity index (χ1v) is 8.87. The van der Waals surface area contributed by atoms with Gasteiger partial charge in [-0.05, 0) is 12.0 Å². The van der Waals surface area contributed by atoms with E-state index in [1.807, 2.05) is 30.3 Å². The molecule has 1 aromatic rings. The Labute approximate surface area is 133 Å². The Kier molecular flexibility index (Phi) is 9.26. The third kappa shape index (κ3) is 7.86. The molecule has 1 rings (SSSR count). The van der Waals surface area contributed by atoms with Crippen LogP contribution in [-0.2, 0) is 20.3 Å². The molecule has 1 aromatic carbocycles. The second-order valence-corrected chi connectivity index (χ2v) is 7.19. The lowest BCUT2D eigenvalue weighted by molar-refractivity contribution is 0.0396. The van der Waals surface area contributed by atoms with Gasteiger partial charge in [-0.25, -0.2) is 0 Å². The Morgan fingerprint density at radius 3 is 2.55 bits per heavy atom. The maximum absolute atomic E-state index is 10.4. The monoisotopic (exact) mass is 331 g/mol. The van der Waals surface area contributed by atoms with E-state index >= 15 is 0 Å². The molecule has 0 spiro atoms. The molecule has 0 fully saturated rings. The molecule has 0 aromatic heterocycles. The summed E-state index contributed by atoms with van der Waals surface area (Å²) in [6.07, 6.45) is 0.531. The van der Waals surface area contributed by atoms with Crippen molar-refractivity contribution in [2.75, 3.05) is 32.7 Å². The molecule has 0 heterocycles. The number of hydrogen-bond acceptors (Lipinski definition) is 6. The standard InChI is InChI=1S/C15H25NO5S/c1-14(12-21-13-15-7-4-3-5-8-15)11-20-9-6-10-22(18,16-17)19-2/h3-5,7-8,14,18H,6,9-13H2,1-2H3. The van der Waals surface area contributed by atoms with Crippen LogP contribution in [0.3, 0.4) is 0 Å². The molecular formula is C15H25NO5S. The maximum Gasteiger partial charge on any atom is 0.0717 e. The van der Waals surface area contributed by atoms with Crippen molar-refractivity contribution in [3.8, 4) is 0 Å².